The van der Waals surface area contributed by atoms with Crippen molar-refractivity contribution in [1.29, 1.82) is 0 Å². The van der Waals surface area contributed by atoms with E-state index in [2.05, 4.69) is 0 Å². The highest BCUT2D eigenvalue weighted by Gasteiger charge is 2.50. The van der Waals surface area contributed by atoms with Gasteiger partial charge in [-0.2, -0.15) is 0 Å². The Morgan fingerprint density at radius 1 is 0.981 bits per heavy atom. The first-order valence-electron chi connectivity index (χ1n) is 19.1. The predicted octanol–water partition coefficient (Wildman–Crippen LogP) is 1.70. The van der Waals surface area contributed by atoms with Gasteiger partial charge in [-0.05, 0) is 32.6 Å². The Morgan fingerprint density at radius 2 is 1.67 bits per heavy atom. The summed E-state index contributed by atoms with van der Waals surface area (Å²) in [4.78, 5) is 38.2. The predicted molar refractivity (Wildman–Crippen MR) is 195 cm³/mol. The summed E-state index contributed by atoms with van der Waals surface area (Å²) in [6.07, 6.45) is 2.99. The van der Waals surface area contributed by atoms with E-state index < -0.39 is 110 Å². The van der Waals surface area contributed by atoms with Crippen LogP contribution in [0.2, 0.25) is 0 Å². The smallest absolute Gasteiger partial charge is 0.311 e. The third kappa shape index (κ3) is 13.7. The van der Waals surface area contributed by atoms with E-state index in [9.17, 15) is 50.1 Å². The standard InChI is InChI=1S/C39H61NO14/c1-4-14-26-17-11-9-7-6-8-10-12-18-27(53-38-35(46)33(40)34(45)23(3)51-38)20-31-32(36(47)48)30(44)22-39(50,54-31)21-25(42)16-13-15-24(41)19-29(43)28(5-2)37(49)52-26/h6-12,18,23,25-35,38,42-46,50H,4-5,13-17,19-22,40H2,1-3H3,(H,47,48)/t23-,25+,26?,27+,28+,29-,30+,31-,32-,33+,34-,35+,38+,39-/m1/s1. The van der Waals surface area contributed by atoms with E-state index in [0.29, 0.717) is 12.8 Å². The van der Waals surface area contributed by atoms with Gasteiger partial charge in [0.25, 0.3) is 0 Å². The number of nitrogens with two attached hydrogens (primary N) is 1. The van der Waals surface area contributed by atoms with Gasteiger partial charge in [0.15, 0.2) is 12.1 Å². The summed E-state index contributed by atoms with van der Waals surface area (Å²) in [5.74, 6) is -6.81. The summed E-state index contributed by atoms with van der Waals surface area (Å²) in [7, 11) is 0. The maximum atomic E-state index is 13.0. The van der Waals surface area contributed by atoms with Crippen molar-refractivity contribution in [3.8, 4) is 0 Å². The third-order valence-corrected chi connectivity index (χ3v) is 10.2. The van der Waals surface area contributed by atoms with Gasteiger partial charge in [0.2, 0.25) is 0 Å². The zero-order valence-corrected chi connectivity index (χ0v) is 31.5. The maximum absolute atomic E-state index is 13.0. The van der Waals surface area contributed by atoms with Crippen molar-refractivity contribution in [2.45, 2.75) is 164 Å². The summed E-state index contributed by atoms with van der Waals surface area (Å²) < 4.78 is 23.4. The molecule has 0 spiro atoms. The number of ether oxygens (including phenoxy) is 4. The molecule has 15 nitrogen and oxygen atoms in total. The lowest BCUT2D eigenvalue weighted by Crippen LogP contribution is -2.61. The lowest BCUT2D eigenvalue weighted by Gasteiger charge is -2.45. The zero-order valence-electron chi connectivity index (χ0n) is 31.5. The zero-order chi connectivity index (χ0) is 40.0. The fourth-order valence-corrected chi connectivity index (χ4v) is 7.15. The van der Waals surface area contributed by atoms with Crippen LogP contribution in [0.3, 0.4) is 0 Å². The Morgan fingerprint density at radius 3 is 2.33 bits per heavy atom. The van der Waals surface area contributed by atoms with E-state index >= 15 is 0 Å². The van der Waals surface area contributed by atoms with E-state index in [1.807, 2.05) is 13.0 Å². The fourth-order valence-electron chi connectivity index (χ4n) is 7.15. The summed E-state index contributed by atoms with van der Waals surface area (Å²) in [5, 5.41) is 75.1. The minimum absolute atomic E-state index is 0.0177. The van der Waals surface area contributed by atoms with Crippen LogP contribution in [0.5, 0.6) is 0 Å². The summed E-state index contributed by atoms with van der Waals surface area (Å²) >= 11 is 0. The minimum Gasteiger partial charge on any atom is -0.481 e. The van der Waals surface area contributed by atoms with Crippen LogP contribution in [0, 0.1) is 11.8 Å². The quantitative estimate of drug-likeness (QED) is 0.179. The second kappa shape index (κ2) is 22.0. The summed E-state index contributed by atoms with van der Waals surface area (Å²) in [6.45, 7) is 5.27. The van der Waals surface area contributed by atoms with Crippen LogP contribution in [0.4, 0.5) is 0 Å². The third-order valence-electron chi connectivity index (χ3n) is 10.2. The van der Waals surface area contributed by atoms with Crippen LogP contribution in [-0.2, 0) is 33.3 Å². The first-order chi connectivity index (χ1) is 25.6. The molecule has 0 amide bonds. The van der Waals surface area contributed by atoms with Gasteiger partial charge in [0, 0.05) is 38.5 Å². The number of hydrogen-bond donors (Lipinski definition) is 8. The van der Waals surface area contributed by atoms with Gasteiger partial charge in [-0.25, -0.2) is 0 Å². The van der Waals surface area contributed by atoms with Crippen molar-refractivity contribution in [1.82, 2.24) is 0 Å². The van der Waals surface area contributed by atoms with Crippen molar-refractivity contribution in [3.63, 3.8) is 0 Å². The van der Waals surface area contributed by atoms with E-state index in [1.165, 1.54) is 0 Å². The number of carbonyl (C=O) groups is 3. The number of carbonyl (C=O) groups excluding carboxylic acids is 2. The first-order valence-corrected chi connectivity index (χ1v) is 19.1. The molecule has 14 atom stereocenters. The SMILES string of the molecule is CCCC1CC=CC=CC=CC=C[C@H](O[C@@H]2O[C@H](C)[C@@H](O)[C@H](N)[C@@H]2O)C[C@H]2O[C@](O)(C[C@@H](O)CCCC(=O)C[C@@H](O)[C@H](CC)C(=O)O1)C[C@H](O)[C@H]2C(=O)O. The Bertz CT molecular complexity index is 1320. The van der Waals surface area contributed by atoms with Gasteiger partial charge in [-0.1, -0.05) is 68.9 Å². The lowest BCUT2D eigenvalue weighted by molar-refractivity contribution is -0.308. The van der Waals surface area contributed by atoms with E-state index in [-0.39, 0.29) is 44.3 Å². The molecular formula is C39H61NO14. The van der Waals surface area contributed by atoms with Crippen molar-refractivity contribution in [3.05, 3.63) is 48.6 Å². The highest BCUT2D eigenvalue weighted by atomic mass is 16.7. The second-order valence-corrected chi connectivity index (χ2v) is 14.7. The minimum atomic E-state index is -2.15. The first kappa shape index (κ1) is 45.6. The Hall–Kier alpha value is -2.83. The Kier molecular flexibility index (Phi) is 18.6. The van der Waals surface area contributed by atoms with Gasteiger partial charge in [0.1, 0.15) is 23.9 Å². The van der Waals surface area contributed by atoms with Gasteiger partial charge in [-0.3, -0.25) is 14.4 Å². The van der Waals surface area contributed by atoms with E-state index in [0.717, 1.165) is 6.42 Å². The average Bonchev–Trinajstić information content (AvgIpc) is 3.08. The van der Waals surface area contributed by atoms with Crippen LogP contribution in [0.25, 0.3) is 0 Å². The molecule has 3 aliphatic rings. The molecule has 9 N–H and O–H groups in total. The molecule has 2 saturated heterocycles. The second-order valence-electron chi connectivity index (χ2n) is 14.7. The topological polar surface area (TPSA) is 256 Å². The Labute approximate surface area is 317 Å². The molecule has 0 aromatic rings. The molecule has 3 rings (SSSR count). The molecule has 54 heavy (non-hydrogen) atoms. The number of rotatable bonds is 6. The number of aliphatic hydroxyl groups excluding tert-OH is 5. The van der Waals surface area contributed by atoms with Gasteiger partial charge in [0.05, 0.1) is 54.7 Å². The van der Waals surface area contributed by atoms with Crippen LogP contribution in [0.1, 0.15) is 91.4 Å². The van der Waals surface area contributed by atoms with E-state index in [4.69, 9.17) is 24.7 Å². The van der Waals surface area contributed by atoms with Crippen LogP contribution in [-0.4, -0.2) is 127 Å². The molecule has 306 valence electrons. The van der Waals surface area contributed by atoms with Crippen molar-refractivity contribution >= 4 is 17.7 Å². The molecular weight excluding hydrogens is 706 g/mol. The molecule has 3 aliphatic heterocycles. The van der Waals surface area contributed by atoms with Crippen molar-refractivity contribution < 1.29 is 69.1 Å². The number of aliphatic hydroxyl groups is 6. The van der Waals surface area contributed by atoms with Crippen molar-refractivity contribution in [2.24, 2.45) is 17.6 Å². The molecule has 0 aliphatic carbocycles. The monoisotopic (exact) mass is 767 g/mol. The number of Topliss-reactive ketones (excluding diaryl/α,β-unsaturated/α-hetero) is 1. The number of fused-ring (bicyclic) bond motifs is 2. The number of aliphatic carboxylic acids is 1. The molecule has 0 saturated carbocycles. The number of hydrogen-bond acceptors (Lipinski definition) is 14. The van der Waals surface area contributed by atoms with Crippen molar-refractivity contribution in [2.75, 3.05) is 0 Å². The molecule has 0 radical (unpaired) electrons. The van der Waals surface area contributed by atoms with Gasteiger partial charge < -0.3 is 60.4 Å². The normalized spacial score (nSPS) is 39.9. The number of carboxylic acid groups (broad SMARTS) is 1. The van der Waals surface area contributed by atoms with Gasteiger partial charge in [-0.15, -0.1) is 0 Å². The lowest BCUT2D eigenvalue weighted by atomic mass is 9.83. The van der Waals surface area contributed by atoms with Crippen LogP contribution in [0.15, 0.2) is 48.6 Å². The van der Waals surface area contributed by atoms with E-state index in [1.54, 1.807) is 56.4 Å². The highest BCUT2D eigenvalue weighted by molar-refractivity contribution is 5.80. The number of carboxylic acids is 1. The molecule has 2 bridgehead atoms. The molecule has 0 aromatic carbocycles. The van der Waals surface area contributed by atoms with Gasteiger partial charge >= 0.3 is 11.9 Å². The number of esters is 1. The molecule has 1 unspecified atom stereocenters. The fraction of sp³-hybridized carbons (Fsp3) is 0.718. The summed E-state index contributed by atoms with van der Waals surface area (Å²) in [5.41, 5.74) is 6.00. The molecule has 15 heteroatoms. The Balaban J connectivity index is 1.90. The number of allylic oxidation sites excluding steroid dienone is 6. The van der Waals surface area contributed by atoms with Crippen LogP contribution < -0.4 is 5.73 Å². The number of cyclic esters (lactones) is 1. The number of ketones is 1. The average molecular weight is 768 g/mol. The van der Waals surface area contributed by atoms with Crippen LogP contribution >= 0.6 is 0 Å². The summed E-state index contributed by atoms with van der Waals surface area (Å²) in [6, 6.07) is -1.10. The molecule has 3 heterocycles. The molecule has 0 aromatic heterocycles. The largest absolute Gasteiger partial charge is 0.481 e. The molecule has 2 fully saturated rings. The highest BCUT2D eigenvalue weighted by Crippen LogP contribution is 2.38. The maximum Gasteiger partial charge on any atom is 0.311 e.